The molecule has 0 unspecified atom stereocenters. The van der Waals surface area contributed by atoms with Gasteiger partial charge in [-0.25, -0.2) is 4.98 Å². The summed E-state index contributed by atoms with van der Waals surface area (Å²) in [6.45, 7) is 3.43. The Hall–Kier alpha value is -2.34. The number of imidazole rings is 1. The number of aromatic amines is 1. The summed E-state index contributed by atoms with van der Waals surface area (Å²) in [5.74, 6) is 1.26. The zero-order valence-electron chi connectivity index (χ0n) is 12.7. The number of para-hydroxylation sites is 1. The summed E-state index contributed by atoms with van der Waals surface area (Å²) in [6, 6.07) is 7.05. The van der Waals surface area contributed by atoms with Crippen molar-refractivity contribution in [2.45, 2.75) is 13.0 Å². The lowest BCUT2D eigenvalue weighted by Gasteiger charge is -2.34. The van der Waals surface area contributed by atoms with Crippen molar-refractivity contribution in [2.24, 2.45) is 0 Å². The molecule has 1 atom stereocenters. The van der Waals surface area contributed by atoms with Gasteiger partial charge >= 0.3 is 0 Å². The smallest absolute Gasteiger partial charge is 0.258 e. The van der Waals surface area contributed by atoms with Crippen molar-refractivity contribution in [3.63, 3.8) is 0 Å². The van der Waals surface area contributed by atoms with Crippen molar-refractivity contribution in [1.29, 1.82) is 0 Å². The Labute approximate surface area is 129 Å². The van der Waals surface area contributed by atoms with Crippen LogP contribution >= 0.6 is 0 Å². The molecule has 1 amide bonds. The first-order chi connectivity index (χ1) is 10.7. The molecule has 116 valence electrons. The molecule has 2 aromatic rings. The van der Waals surface area contributed by atoms with Crippen LogP contribution in [0, 0.1) is 6.92 Å². The average molecular weight is 301 g/mol. The molecular weight excluding hydrogens is 282 g/mol. The van der Waals surface area contributed by atoms with E-state index in [9.17, 15) is 4.79 Å². The monoisotopic (exact) mass is 301 g/mol. The summed E-state index contributed by atoms with van der Waals surface area (Å²) in [5.41, 5.74) is 1.52. The molecule has 2 heterocycles. The maximum absolute atomic E-state index is 12.9. The lowest BCUT2D eigenvalue weighted by atomic mass is 10.1. The van der Waals surface area contributed by atoms with Gasteiger partial charge in [-0.15, -0.1) is 0 Å². The number of rotatable bonds is 3. The molecule has 1 aromatic carbocycles. The van der Waals surface area contributed by atoms with Crippen LogP contribution in [0.2, 0.25) is 0 Å². The molecule has 1 aliphatic rings. The number of aromatic nitrogens is 2. The minimum atomic E-state index is -0.208. The fourth-order valence-electron chi connectivity index (χ4n) is 2.65. The van der Waals surface area contributed by atoms with Crippen LogP contribution < -0.4 is 4.74 Å². The van der Waals surface area contributed by atoms with Crippen molar-refractivity contribution in [1.82, 2.24) is 14.9 Å². The number of nitrogens with zero attached hydrogens (tertiary/aromatic N) is 2. The summed E-state index contributed by atoms with van der Waals surface area (Å²) < 4.78 is 10.8. The second-order valence-electron chi connectivity index (χ2n) is 5.24. The van der Waals surface area contributed by atoms with Gasteiger partial charge in [0.2, 0.25) is 0 Å². The van der Waals surface area contributed by atoms with E-state index in [0.717, 1.165) is 11.5 Å². The van der Waals surface area contributed by atoms with Crippen LogP contribution in [0.4, 0.5) is 0 Å². The molecule has 0 saturated carbocycles. The maximum Gasteiger partial charge on any atom is 0.258 e. The average Bonchev–Trinajstić information content (AvgIpc) is 3.00. The molecule has 1 saturated heterocycles. The van der Waals surface area contributed by atoms with E-state index in [1.54, 1.807) is 30.3 Å². The highest BCUT2D eigenvalue weighted by Gasteiger charge is 2.32. The Kier molecular flexibility index (Phi) is 4.11. The zero-order chi connectivity index (χ0) is 15.5. The first-order valence-electron chi connectivity index (χ1n) is 7.24. The number of hydrogen-bond donors (Lipinski definition) is 1. The Morgan fingerprint density at radius 2 is 2.27 bits per heavy atom. The first kappa shape index (κ1) is 14.6. The Morgan fingerprint density at radius 1 is 1.45 bits per heavy atom. The number of hydrogen-bond acceptors (Lipinski definition) is 4. The van der Waals surface area contributed by atoms with Gasteiger partial charge in [0.1, 0.15) is 17.6 Å². The molecule has 1 N–H and O–H groups in total. The Balaban J connectivity index is 1.91. The molecule has 0 spiro atoms. The SMILES string of the molecule is COc1ccccc1C(=O)N1CCOC[C@@H]1c1ncc(C)[nH]1. The molecule has 6 nitrogen and oxygen atoms in total. The fourth-order valence-corrected chi connectivity index (χ4v) is 2.65. The molecule has 1 aromatic heterocycles. The highest BCUT2D eigenvalue weighted by Crippen LogP contribution is 2.27. The summed E-state index contributed by atoms with van der Waals surface area (Å²) in [4.78, 5) is 22.3. The minimum absolute atomic E-state index is 0.0696. The number of morpholine rings is 1. The van der Waals surface area contributed by atoms with E-state index in [4.69, 9.17) is 9.47 Å². The molecule has 6 heteroatoms. The van der Waals surface area contributed by atoms with Crippen LogP contribution in [0.15, 0.2) is 30.5 Å². The summed E-state index contributed by atoms with van der Waals surface area (Å²) in [6.07, 6.45) is 1.76. The second kappa shape index (κ2) is 6.19. The quantitative estimate of drug-likeness (QED) is 0.941. The Bertz CT molecular complexity index is 668. The number of ether oxygens (including phenoxy) is 2. The van der Waals surface area contributed by atoms with Gasteiger partial charge in [-0.1, -0.05) is 12.1 Å². The lowest BCUT2D eigenvalue weighted by Crippen LogP contribution is -2.44. The minimum Gasteiger partial charge on any atom is -0.496 e. The highest BCUT2D eigenvalue weighted by molar-refractivity contribution is 5.97. The molecule has 1 aliphatic heterocycles. The van der Waals surface area contributed by atoms with Gasteiger partial charge in [0, 0.05) is 18.4 Å². The van der Waals surface area contributed by atoms with E-state index in [1.807, 2.05) is 19.1 Å². The van der Waals surface area contributed by atoms with Crippen LogP contribution in [0.1, 0.15) is 27.9 Å². The topological polar surface area (TPSA) is 67.4 Å². The Morgan fingerprint density at radius 3 is 3.00 bits per heavy atom. The van der Waals surface area contributed by atoms with Crippen molar-refractivity contribution < 1.29 is 14.3 Å². The molecule has 0 bridgehead atoms. The lowest BCUT2D eigenvalue weighted by molar-refractivity contribution is -0.00515. The van der Waals surface area contributed by atoms with Crippen molar-refractivity contribution in [3.8, 4) is 5.75 Å². The normalized spacial score (nSPS) is 18.3. The first-order valence-corrected chi connectivity index (χ1v) is 7.24. The number of aryl methyl sites for hydroxylation is 1. The van der Waals surface area contributed by atoms with E-state index >= 15 is 0 Å². The summed E-state index contributed by atoms with van der Waals surface area (Å²) in [7, 11) is 1.57. The summed E-state index contributed by atoms with van der Waals surface area (Å²) in [5, 5.41) is 0. The van der Waals surface area contributed by atoms with E-state index in [0.29, 0.717) is 31.1 Å². The van der Waals surface area contributed by atoms with Gasteiger partial charge in [-0.2, -0.15) is 0 Å². The van der Waals surface area contributed by atoms with Crippen molar-refractivity contribution in [2.75, 3.05) is 26.9 Å². The predicted octanol–water partition coefficient (Wildman–Crippen LogP) is 1.94. The number of carbonyl (C=O) groups is 1. The largest absolute Gasteiger partial charge is 0.496 e. The number of carbonyl (C=O) groups excluding carboxylic acids is 1. The van der Waals surface area contributed by atoms with Crippen molar-refractivity contribution >= 4 is 5.91 Å². The third kappa shape index (κ3) is 2.69. The van der Waals surface area contributed by atoms with Gasteiger partial charge < -0.3 is 19.4 Å². The summed E-state index contributed by atoms with van der Waals surface area (Å²) >= 11 is 0. The van der Waals surface area contributed by atoms with E-state index < -0.39 is 0 Å². The molecule has 0 radical (unpaired) electrons. The number of methoxy groups -OCH3 is 1. The second-order valence-corrected chi connectivity index (χ2v) is 5.24. The van der Waals surface area contributed by atoms with Crippen molar-refractivity contribution in [3.05, 3.63) is 47.5 Å². The maximum atomic E-state index is 12.9. The van der Waals surface area contributed by atoms with E-state index in [2.05, 4.69) is 9.97 Å². The molecule has 1 fully saturated rings. The molecule has 0 aliphatic carbocycles. The highest BCUT2D eigenvalue weighted by atomic mass is 16.5. The van der Waals surface area contributed by atoms with Crippen LogP contribution in [0.5, 0.6) is 5.75 Å². The molecule has 22 heavy (non-hydrogen) atoms. The molecular formula is C16H19N3O3. The number of benzene rings is 1. The van der Waals surface area contributed by atoms with Crippen LogP contribution in [0.25, 0.3) is 0 Å². The third-order valence-corrected chi connectivity index (χ3v) is 3.76. The number of nitrogens with one attached hydrogen (secondary N) is 1. The van der Waals surface area contributed by atoms with Crippen LogP contribution in [-0.2, 0) is 4.74 Å². The van der Waals surface area contributed by atoms with Gasteiger partial charge in [-0.3, -0.25) is 4.79 Å². The standard InChI is InChI=1S/C16H19N3O3/c1-11-9-17-15(18-11)13-10-22-8-7-19(13)16(20)12-5-3-4-6-14(12)21-2/h3-6,9,13H,7-8,10H2,1-2H3,(H,17,18)/t13-/m1/s1. The van der Waals surface area contributed by atoms with Crippen LogP contribution in [-0.4, -0.2) is 47.6 Å². The van der Waals surface area contributed by atoms with Gasteiger partial charge in [0.25, 0.3) is 5.91 Å². The number of amides is 1. The fraction of sp³-hybridized carbons (Fsp3) is 0.375. The zero-order valence-corrected chi connectivity index (χ0v) is 12.7. The molecule has 3 rings (SSSR count). The van der Waals surface area contributed by atoms with Crippen LogP contribution in [0.3, 0.4) is 0 Å². The van der Waals surface area contributed by atoms with Gasteiger partial charge in [0.05, 0.1) is 25.9 Å². The number of H-pyrrole nitrogens is 1. The van der Waals surface area contributed by atoms with Gasteiger partial charge in [-0.05, 0) is 19.1 Å². The van der Waals surface area contributed by atoms with E-state index in [1.165, 1.54) is 0 Å². The van der Waals surface area contributed by atoms with Gasteiger partial charge in [0.15, 0.2) is 0 Å². The predicted molar refractivity (Wildman–Crippen MR) is 80.9 cm³/mol. The van der Waals surface area contributed by atoms with E-state index in [-0.39, 0.29) is 11.9 Å². The third-order valence-electron chi connectivity index (χ3n) is 3.76.